The Hall–Kier alpha value is -3.32. The summed E-state index contributed by atoms with van der Waals surface area (Å²) in [7, 11) is 0. The fourth-order valence-electron chi connectivity index (χ4n) is 2.99. The SMILES string of the molecule is CCCOc1ccc(/C=C2/C(=O)NN(c3ccccc3)C2=O)c(OCCO)c1C. The average molecular weight is 396 g/mol. The second-order valence-electron chi connectivity index (χ2n) is 6.50. The van der Waals surface area contributed by atoms with Crippen LogP contribution in [0, 0.1) is 6.92 Å². The maximum absolute atomic E-state index is 12.8. The highest BCUT2D eigenvalue weighted by Crippen LogP contribution is 2.34. The van der Waals surface area contributed by atoms with Gasteiger partial charge in [0.05, 0.1) is 18.9 Å². The lowest BCUT2D eigenvalue weighted by molar-refractivity contribution is -0.117. The van der Waals surface area contributed by atoms with E-state index in [0.29, 0.717) is 29.4 Å². The van der Waals surface area contributed by atoms with Gasteiger partial charge >= 0.3 is 0 Å². The van der Waals surface area contributed by atoms with Crippen molar-refractivity contribution in [3.8, 4) is 11.5 Å². The zero-order valence-electron chi connectivity index (χ0n) is 16.5. The van der Waals surface area contributed by atoms with Crippen LogP contribution in [0.3, 0.4) is 0 Å². The molecule has 3 rings (SSSR count). The van der Waals surface area contributed by atoms with Crippen LogP contribution in [0.15, 0.2) is 48.0 Å². The highest BCUT2D eigenvalue weighted by atomic mass is 16.5. The molecule has 0 aliphatic carbocycles. The van der Waals surface area contributed by atoms with E-state index in [4.69, 9.17) is 14.6 Å². The van der Waals surface area contributed by atoms with Crippen molar-refractivity contribution in [2.24, 2.45) is 0 Å². The van der Waals surface area contributed by atoms with Gasteiger partial charge in [0.15, 0.2) is 0 Å². The normalized spacial score (nSPS) is 15.0. The number of carbonyl (C=O) groups excluding carboxylic acids is 2. The van der Waals surface area contributed by atoms with E-state index in [1.165, 1.54) is 11.1 Å². The molecule has 7 heteroatoms. The topological polar surface area (TPSA) is 88.1 Å². The lowest BCUT2D eigenvalue weighted by Gasteiger charge is -2.16. The number of amides is 2. The number of aliphatic hydroxyl groups is 1. The maximum Gasteiger partial charge on any atom is 0.282 e. The van der Waals surface area contributed by atoms with E-state index in [1.54, 1.807) is 36.4 Å². The largest absolute Gasteiger partial charge is 0.493 e. The lowest BCUT2D eigenvalue weighted by atomic mass is 10.0. The number of hydrogen-bond acceptors (Lipinski definition) is 5. The van der Waals surface area contributed by atoms with Crippen LogP contribution in [0.4, 0.5) is 5.69 Å². The zero-order chi connectivity index (χ0) is 20.8. The summed E-state index contributed by atoms with van der Waals surface area (Å²) in [6.45, 7) is 4.35. The molecule has 0 saturated carbocycles. The third kappa shape index (κ3) is 4.41. The molecule has 0 atom stereocenters. The van der Waals surface area contributed by atoms with E-state index in [0.717, 1.165) is 12.0 Å². The van der Waals surface area contributed by atoms with Gasteiger partial charge in [-0.05, 0) is 43.7 Å². The molecular formula is C22H24N2O5. The number of benzene rings is 2. The minimum Gasteiger partial charge on any atom is -0.493 e. The van der Waals surface area contributed by atoms with E-state index < -0.39 is 11.8 Å². The van der Waals surface area contributed by atoms with Crippen molar-refractivity contribution in [1.29, 1.82) is 0 Å². The number of aliphatic hydroxyl groups excluding tert-OH is 1. The number of hydrogen-bond donors (Lipinski definition) is 2. The Morgan fingerprint density at radius 3 is 2.52 bits per heavy atom. The number of para-hydroxylation sites is 1. The highest BCUT2D eigenvalue weighted by Gasteiger charge is 2.34. The predicted octanol–water partition coefficient (Wildman–Crippen LogP) is 2.62. The molecule has 1 aliphatic rings. The smallest absolute Gasteiger partial charge is 0.282 e. The molecule has 29 heavy (non-hydrogen) atoms. The van der Waals surface area contributed by atoms with Crippen LogP contribution in [-0.4, -0.2) is 36.7 Å². The van der Waals surface area contributed by atoms with Gasteiger partial charge in [0, 0.05) is 11.1 Å². The van der Waals surface area contributed by atoms with Gasteiger partial charge in [-0.25, -0.2) is 5.01 Å². The molecule has 1 heterocycles. The van der Waals surface area contributed by atoms with Crippen LogP contribution >= 0.6 is 0 Å². The molecule has 0 spiro atoms. The fraction of sp³-hybridized carbons (Fsp3) is 0.273. The van der Waals surface area contributed by atoms with Gasteiger partial charge in [0.25, 0.3) is 11.8 Å². The summed E-state index contributed by atoms with van der Waals surface area (Å²) in [4.78, 5) is 25.3. The van der Waals surface area contributed by atoms with Crippen molar-refractivity contribution in [3.63, 3.8) is 0 Å². The molecule has 0 unspecified atom stereocenters. The standard InChI is InChI=1S/C22H24N2O5/c1-3-12-28-19-10-9-16(20(15(19)2)29-13-11-25)14-18-21(26)23-24(22(18)27)17-7-5-4-6-8-17/h4-10,14,25H,3,11-13H2,1-2H3,(H,23,26)/b18-14-. The highest BCUT2D eigenvalue weighted by molar-refractivity contribution is 6.31. The van der Waals surface area contributed by atoms with Crippen LogP contribution < -0.4 is 19.9 Å². The Kier molecular flexibility index (Phi) is 6.51. The molecule has 1 saturated heterocycles. The number of nitrogens with one attached hydrogen (secondary N) is 1. The molecule has 7 nitrogen and oxygen atoms in total. The molecule has 152 valence electrons. The summed E-state index contributed by atoms with van der Waals surface area (Å²) in [6, 6.07) is 12.4. The van der Waals surface area contributed by atoms with Crippen LogP contribution in [-0.2, 0) is 9.59 Å². The van der Waals surface area contributed by atoms with E-state index in [9.17, 15) is 9.59 Å². The van der Waals surface area contributed by atoms with Gasteiger partial charge in [0.1, 0.15) is 23.7 Å². The maximum atomic E-state index is 12.8. The van der Waals surface area contributed by atoms with Gasteiger partial charge in [-0.15, -0.1) is 0 Å². The van der Waals surface area contributed by atoms with Crippen molar-refractivity contribution in [1.82, 2.24) is 5.43 Å². The number of nitrogens with zero attached hydrogens (tertiary/aromatic N) is 1. The minimum atomic E-state index is -0.490. The van der Waals surface area contributed by atoms with E-state index >= 15 is 0 Å². The quantitative estimate of drug-likeness (QED) is 0.529. The van der Waals surface area contributed by atoms with Gasteiger partial charge < -0.3 is 14.6 Å². The first-order valence-electron chi connectivity index (χ1n) is 9.49. The van der Waals surface area contributed by atoms with E-state index in [-0.39, 0.29) is 18.8 Å². The van der Waals surface area contributed by atoms with Crippen LogP contribution in [0.25, 0.3) is 6.08 Å². The van der Waals surface area contributed by atoms with E-state index in [2.05, 4.69) is 5.43 Å². The van der Waals surface area contributed by atoms with E-state index in [1.807, 2.05) is 19.9 Å². The van der Waals surface area contributed by atoms with Gasteiger partial charge in [-0.3, -0.25) is 15.0 Å². The van der Waals surface area contributed by atoms with Crippen molar-refractivity contribution in [2.75, 3.05) is 24.8 Å². The molecular weight excluding hydrogens is 372 g/mol. The Labute approximate surface area is 169 Å². The predicted molar refractivity (Wildman–Crippen MR) is 110 cm³/mol. The summed E-state index contributed by atoms with van der Waals surface area (Å²) in [5.74, 6) is 0.197. The van der Waals surface area contributed by atoms with Gasteiger partial charge in [-0.2, -0.15) is 0 Å². The molecule has 1 aliphatic heterocycles. The summed E-state index contributed by atoms with van der Waals surface area (Å²) in [6.07, 6.45) is 2.37. The Bertz CT molecular complexity index is 924. The van der Waals surface area contributed by atoms with Gasteiger partial charge in [0.2, 0.25) is 0 Å². The summed E-state index contributed by atoms with van der Waals surface area (Å²) in [5, 5.41) is 10.4. The molecule has 2 N–H and O–H groups in total. The number of hydrazine groups is 1. The second-order valence-corrected chi connectivity index (χ2v) is 6.50. The van der Waals surface area contributed by atoms with Crippen molar-refractivity contribution in [2.45, 2.75) is 20.3 Å². The number of rotatable bonds is 8. The van der Waals surface area contributed by atoms with Crippen molar-refractivity contribution >= 4 is 23.6 Å². The third-order valence-electron chi connectivity index (χ3n) is 4.39. The summed E-state index contributed by atoms with van der Waals surface area (Å²) in [5.41, 5.74) is 4.46. The molecule has 0 bridgehead atoms. The third-order valence-corrected chi connectivity index (χ3v) is 4.39. The molecule has 2 aromatic rings. The number of carbonyl (C=O) groups is 2. The molecule has 0 aromatic heterocycles. The lowest BCUT2D eigenvalue weighted by Crippen LogP contribution is -2.35. The molecule has 2 aromatic carbocycles. The van der Waals surface area contributed by atoms with Crippen molar-refractivity contribution < 1.29 is 24.2 Å². The average Bonchev–Trinajstić information content (AvgIpc) is 3.01. The first kappa shape index (κ1) is 20.4. The van der Waals surface area contributed by atoms with Crippen LogP contribution in [0.2, 0.25) is 0 Å². The summed E-state index contributed by atoms with van der Waals surface area (Å²) >= 11 is 0. The number of ether oxygens (including phenoxy) is 2. The van der Waals surface area contributed by atoms with Crippen molar-refractivity contribution in [3.05, 3.63) is 59.2 Å². The molecule has 2 amide bonds. The first-order chi connectivity index (χ1) is 14.1. The monoisotopic (exact) mass is 396 g/mol. The molecule has 1 fully saturated rings. The van der Waals surface area contributed by atoms with Crippen LogP contribution in [0.5, 0.6) is 11.5 Å². The Morgan fingerprint density at radius 1 is 1.07 bits per heavy atom. The molecule has 0 radical (unpaired) electrons. The van der Waals surface area contributed by atoms with Crippen LogP contribution in [0.1, 0.15) is 24.5 Å². The second kappa shape index (κ2) is 9.25. The van der Waals surface area contributed by atoms with Gasteiger partial charge in [-0.1, -0.05) is 25.1 Å². The Morgan fingerprint density at radius 2 is 1.83 bits per heavy atom. The minimum absolute atomic E-state index is 0.00401. The number of anilines is 1. The summed E-state index contributed by atoms with van der Waals surface area (Å²) < 4.78 is 11.4. The zero-order valence-corrected chi connectivity index (χ0v) is 16.5. The fourth-order valence-corrected chi connectivity index (χ4v) is 2.99. The Balaban J connectivity index is 1.96. The first-order valence-corrected chi connectivity index (χ1v) is 9.49.